The number of ether oxygens (including phenoxy) is 3. The third-order valence-electron chi connectivity index (χ3n) is 8.18. The molecular weight excluding hydrogens is 408 g/mol. The number of aliphatic hydroxyl groups is 2. The van der Waals surface area contributed by atoms with Crippen molar-refractivity contribution in [3.05, 3.63) is 0 Å². The van der Waals surface area contributed by atoms with Gasteiger partial charge < -0.3 is 24.4 Å². The van der Waals surface area contributed by atoms with Crippen molar-refractivity contribution >= 4 is 5.97 Å². The molecule has 1 spiro atoms. The quantitative estimate of drug-likeness (QED) is 0.562. The standard InChI is InChI=1S/C26H46O6/c1-15(2)21-8-7-17(5)10-23(21)31-25(29)22(28)11-19-9-18(6)12-26(24(19)16(3)4)30-14-20(13-27)32-26/h15-24,27-28H,7-14H2,1-6H3/t17-,18-,19?,20?,21?,22-,23-,24?,26+/m1/s1. The second-order valence-electron chi connectivity index (χ2n) is 11.7. The Bertz CT molecular complexity index is 621. The van der Waals surface area contributed by atoms with Gasteiger partial charge in [-0.1, -0.05) is 48.0 Å². The van der Waals surface area contributed by atoms with Crippen LogP contribution in [0.25, 0.3) is 0 Å². The summed E-state index contributed by atoms with van der Waals surface area (Å²) in [6.07, 6.45) is 3.63. The molecule has 0 aromatic heterocycles. The lowest BCUT2D eigenvalue weighted by atomic mass is 9.64. The zero-order valence-electron chi connectivity index (χ0n) is 21.0. The number of hydrogen-bond donors (Lipinski definition) is 2. The minimum absolute atomic E-state index is 0.0517. The summed E-state index contributed by atoms with van der Waals surface area (Å²) in [5.41, 5.74) is 0. The summed E-state index contributed by atoms with van der Waals surface area (Å²) in [4.78, 5) is 13.0. The van der Waals surface area contributed by atoms with Gasteiger partial charge in [-0.25, -0.2) is 4.79 Å². The fourth-order valence-electron chi connectivity index (χ4n) is 6.84. The highest BCUT2D eigenvalue weighted by Crippen LogP contribution is 2.51. The van der Waals surface area contributed by atoms with Crippen LogP contribution in [0.3, 0.4) is 0 Å². The summed E-state index contributed by atoms with van der Waals surface area (Å²) >= 11 is 0. The average molecular weight is 455 g/mol. The highest BCUT2D eigenvalue weighted by molar-refractivity contribution is 5.74. The highest BCUT2D eigenvalue weighted by atomic mass is 16.7. The maximum atomic E-state index is 13.0. The lowest BCUT2D eigenvalue weighted by Crippen LogP contribution is -2.52. The lowest BCUT2D eigenvalue weighted by molar-refractivity contribution is -0.256. The molecule has 2 aliphatic carbocycles. The Hall–Kier alpha value is -0.690. The number of rotatable bonds is 7. The summed E-state index contributed by atoms with van der Waals surface area (Å²) in [5.74, 6) is 0.886. The van der Waals surface area contributed by atoms with Gasteiger partial charge in [-0.3, -0.25) is 0 Å². The molecule has 2 saturated carbocycles. The predicted molar refractivity (Wildman–Crippen MR) is 123 cm³/mol. The third kappa shape index (κ3) is 5.68. The minimum Gasteiger partial charge on any atom is -0.460 e. The van der Waals surface area contributed by atoms with Crippen molar-refractivity contribution in [3.8, 4) is 0 Å². The van der Waals surface area contributed by atoms with E-state index < -0.39 is 17.9 Å². The molecule has 9 atom stereocenters. The van der Waals surface area contributed by atoms with E-state index in [0.717, 1.165) is 25.7 Å². The first-order valence-electron chi connectivity index (χ1n) is 12.9. The van der Waals surface area contributed by atoms with Crippen LogP contribution in [0.1, 0.15) is 80.1 Å². The molecule has 0 radical (unpaired) electrons. The number of carbonyl (C=O) groups excluding carboxylic acids is 1. The van der Waals surface area contributed by atoms with Gasteiger partial charge in [-0.2, -0.15) is 0 Å². The van der Waals surface area contributed by atoms with Crippen LogP contribution in [-0.4, -0.2) is 53.5 Å². The largest absolute Gasteiger partial charge is 0.460 e. The smallest absolute Gasteiger partial charge is 0.335 e. The van der Waals surface area contributed by atoms with Crippen molar-refractivity contribution in [2.45, 2.75) is 104 Å². The van der Waals surface area contributed by atoms with Gasteiger partial charge in [0.05, 0.1) is 13.2 Å². The first-order chi connectivity index (χ1) is 15.1. The van der Waals surface area contributed by atoms with E-state index >= 15 is 0 Å². The van der Waals surface area contributed by atoms with Gasteiger partial charge in [0.1, 0.15) is 12.2 Å². The Morgan fingerprint density at radius 1 is 1.09 bits per heavy atom. The third-order valence-corrected chi connectivity index (χ3v) is 8.18. The summed E-state index contributed by atoms with van der Waals surface area (Å²) in [5, 5.41) is 20.5. The maximum Gasteiger partial charge on any atom is 0.335 e. The van der Waals surface area contributed by atoms with E-state index in [4.69, 9.17) is 14.2 Å². The van der Waals surface area contributed by atoms with E-state index in [1.807, 2.05) is 0 Å². The Morgan fingerprint density at radius 3 is 2.41 bits per heavy atom. The van der Waals surface area contributed by atoms with Crippen molar-refractivity contribution in [2.24, 2.45) is 41.4 Å². The van der Waals surface area contributed by atoms with E-state index in [1.54, 1.807) is 0 Å². The van der Waals surface area contributed by atoms with Gasteiger partial charge in [0, 0.05) is 12.3 Å². The molecule has 3 fully saturated rings. The maximum absolute atomic E-state index is 13.0. The lowest BCUT2D eigenvalue weighted by Gasteiger charge is -2.49. The summed E-state index contributed by atoms with van der Waals surface area (Å²) in [6.45, 7) is 13.4. The number of carbonyl (C=O) groups is 1. The van der Waals surface area contributed by atoms with E-state index in [2.05, 4.69) is 41.5 Å². The van der Waals surface area contributed by atoms with Gasteiger partial charge in [0.25, 0.3) is 0 Å². The minimum atomic E-state index is -1.14. The number of hydrogen-bond acceptors (Lipinski definition) is 6. The summed E-state index contributed by atoms with van der Waals surface area (Å²) in [6, 6.07) is 0. The molecule has 186 valence electrons. The molecule has 3 rings (SSSR count). The van der Waals surface area contributed by atoms with E-state index in [0.29, 0.717) is 36.7 Å². The van der Waals surface area contributed by atoms with Gasteiger partial charge in [-0.15, -0.1) is 0 Å². The zero-order chi connectivity index (χ0) is 23.6. The average Bonchev–Trinajstić information content (AvgIpc) is 3.09. The molecule has 1 aliphatic heterocycles. The predicted octanol–water partition coefficient (Wildman–Crippen LogP) is 4.16. The summed E-state index contributed by atoms with van der Waals surface area (Å²) < 4.78 is 18.4. The Kier molecular flexibility index (Phi) is 8.68. The molecule has 1 saturated heterocycles. The van der Waals surface area contributed by atoms with E-state index in [1.165, 1.54) is 6.42 Å². The fraction of sp³-hybridized carbons (Fsp3) is 0.962. The van der Waals surface area contributed by atoms with Crippen LogP contribution in [0.2, 0.25) is 0 Å². The number of esters is 1. The molecule has 0 aromatic carbocycles. The summed E-state index contributed by atoms with van der Waals surface area (Å²) in [7, 11) is 0. The Labute approximate surface area is 194 Å². The van der Waals surface area contributed by atoms with Crippen LogP contribution < -0.4 is 0 Å². The molecule has 0 aromatic rings. The van der Waals surface area contributed by atoms with Crippen LogP contribution in [0.15, 0.2) is 0 Å². The van der Waals surface area contributed by atoms with Crippen molar-refractivity contribution in [2.75, 3.05) is 13.2 Å². The second-order valence-corrected chi connectivity index (χ2v) is 11.7. The van der Waals surface area contributed by atoms with Crippen molar-refractivity contribution in [1.29, 1.82) is 0 Å². The molecule has 6 heteroatoms. The van der Waals surface area contributed by atoms with E-state index in [9.17, 15) is 15.0 Å². The van der Waals surface area contributed by atoms with Gasteiger partial charge in [0.2, 0.25) is 0 Å². The Balaban J connectivity index is 1.69. The van der Waals surface area contributed by atoms with Crippen molar-refractivity contribution in [1.82, 2.24) is 0 Å². The second kappa shape index (κ2) is 10.7. The van der Waals surface area contributed by atoms with Crippen LogP contribution in [0.5, 0.6) is 0 Å². The first-order valence-corrected chi connectivity index (χ1v) is 12.9. The van der Waals surface area contributed by atoms with Crippen LogP contribution >= 0.6 is 0 Å². The molecule has 0 amide bonds. The normalized spacial score (nSPS) is 41.4. The van der Waals surface area contributed by atoms with Crippen molar-refractivity contribution < 1.29 is 29.2 Å². The van der Waals surface area contributed by atoms with Gasteiger partial charge >= 0.3 is 5.97 Å². The van der Waals surface area contributed by atoms with Crippen molar-refractivity contribution in [3.63, 3.8) is 0 Å². The molecule has 2 N–H and O–H groups in total. The monoisotopic (exact) mass is 454 g/mol. The van der Waals surface area contributed by atoms with Crippen LogP contribution in [0, 0.1) is 41.4 Å². The molecule has 3 aliphatic rings. The van der Waals surface area contributed by atoms with Gasteiger partial charge in [0.15, 0.2) is 11.9 Å². The molecule has 32 heavy (non-hydrogen) atoms. The zero-order valence-corrected chi connectivity index (χ0v) is 21.0. The highest BCUT2D eigenvalue weighted by Gasteiger charge is 2.55. The molecule has 4 unspecified atom stereocenters. The molecular formula is C26H46O6. The SMILES string of the molecule is CC(C)C1CC[C@@H](C)C[C@H]1OC(=O)[C@H](O)CC1C[C@@H](C)C[C@@]2(OCC(CO)O2)C1C(C)C. The first kappa shape index (κ1) is 25.9. The topological polar surface area (TPSA) is 85.2 Å². The number of aliphatic hydroxyl groups excluding tert-OH is 2. The Morgan fingerprint density at radius 2 is 1.81 bits per heavy atom. The fourth-order valence-corrected chi connectivity index (χ4v) is 6.84. The van der Waals surface area contributed by atoms with Crippen LogP contribution in [0.4, 0.5) is 0 Å². The van der Waals surface area contributed by atoms with Gasteiger partial charge in [-0.05, 0) is 61.2 Å². The molecule has 6 nitrogen and oxygen atoms in total. The van der Waals surface area contributed by atoms with Crippen LogP contribution in [-0.2, 0) is 19.0 Å². The molecule has 1 heterocycles. The van der Waals surface area contributed by atoms with E-state index in [-0.39, 0.29) is 36.6 Å². The molecule has 0 bridgehead atoms.